The standard InChI is InChI=1S/C16H16FN3OS/c1-10-8-12(10)15-7-6-11(21-15)9-18-20-16(22)19-14-5-3-2-4-13(14)17/h2-7,9-10,12H,8H2,1H3,(H2,19,20,22)/b18-9-/t10-,12-/m0/s1. The molecule has 0 unspecified atom stereocenters. The van der Waals surface area contributed by atoms with Gasteiger partial charge < -0.3 is 9.73 Å². The van der Waals surface area contributed by atoms with Crippen molar-refractivity contribution in [3.8, 4) is 0 Å². The van der Waals surface area contributed by atoms with E-state index in [1.54, 1.807) is 24.4 Å². The molecule has 2 aromatic rings. The molecule has 1 saturated carbocycles. The van der Waals surface area contributed by atoms with Crippen LogP contribution in [0.3, 0.4) is 0 Å². The maximum absolute atomic E-state index is 13.4. The van der Waals surface area contributed by atoms with Gasteiger partial charge in [-0.25, -0.2) is 4.39 Å². The van der Waals surface area contributed by atoms with Crippen molar-refractivity contribution in [2.75, 3.05) is 5.32 Å². The summed E-state index contributed by atoms with van der Waals surface area (Å²) in [7, 11) is 0. The Hall–Kier alpha value is -2.21. The molecule has 3 rings (SSSR count). The van der Waals surface area contributed by atoms with Gasteiger partial charge in [-0.1, -0.05) is 19.1 Å². The van der Waals surface area contributed by atoms with Crippen molar-refractivity contribution in [3.05, 3.63) is 53.7 Å². The van der Waals surface area contributed by atoms with Gasteiger partial charge in [0, 0.05) is 5.92 Å². The van der Waals surface area contributed by atoms with Gasteiger partial charge >= 0.3 is 0 Å². The van der Waals surface area contributed by atoms with E-state index >= 15 is 0 Å². The molecular formula is C16H16FN3OS. The van der Waals surface area contributed by atoms with E-state index in [1.807, 2.05) is 12.1 Å². The van der Waals surface area contributed by atoms with E-state index in [0.29, 0.717) is 23.3 Å². The minimum absolute atomic E-state index is 0.212. The summed E-state index contributed by atoms with van der Waals surface area (Å²) in [5, 5.41) is 6.93. The fourth-order valence-corrected chi connectivity index (χ4v) is 2.39. The molecule has 1 fully saturated rings. The lowest BCUT2D eigenvalue weighted by molar-refractivity contribution is 0.500. The van der Waals surface area contributed by atoms with Crippen molar-refractivity contribution in [2.45, 2.75) is 19.3 Å². The molecule has 2 N–H and O–H groups in total. The Bertz CT molecular complexity index is 713. The van der Waals surface area contributed by atoms with Crippen LogP contribution in [0.15, 0.2) is 45.9 Å². The van der Waals surface area contributed by atoms with E-state index in [2.05, 4.69) is 22.8 Å². The first-order valence-corrected chi connectivity index (χ1v) is 7.48. The topological polar surface area (TPSA) is 49.6 Å². The van der Waals surface area contributed by atoms with E-state index in [1.165, 1.54) is 12.5 Å². The largest absolute Gasteiger partial charge is 0.460 e. The van der Waals surface area contributed by atoms with E-state index in [4.69, 9.17) is 16.6 Å². The first-order valence-electron chi connectivity index (χ1n) is 7.08. The van der Waals surface area contributed by atoms with Gasteiger partial charge in [0.15, 0.2) is 5.11 Å². The van der Waals surface area contributed by atoms with E-state index in [0.717, 1.165) is 5.76 Å². The van der Waals surface area contributed by atoms with Crippen molar-refractivity contribution in [1.82, 2.24) is 5.43 Å². The number of hydrogen-bond donors (Lipinski definition) is 2. The molecule has 4 nitrogen and oxygen atoms in total. The van der Waals surface area contributed by atoms with Crippen molar-refractivity contribution in [2.24, 2.45) is 11.0 Å². The Labute approximate surface area is 133 Å². The summed E-state index contributed by atoms with van der Waals surface area (Å²) in [4.78, 5) is 0. The van der Waals surface area contributed by atoms with E-state index in [-0.39, 0.29) is 10.9 Å². The highest BCUT2D eigenvalue weighted by Crippen LogP contribution is 2.47. The van der Waals surface area contributed by atoms with Crippen LogP contribution >= 0.6 is 12.2 Å². The molecule has 1 aliphatic rings. The molecule has 0 spiro atoms. The lowest BCUT2D eigenvalue weighted by Gasteiger charge is -2.07. The molecule has 0 amide bonds. The number of thiocarbonyl (C=S) groups is 1. The number of furan rings is 1. The quantitative estimate of drug-likeness (QED) is 0.511. The number of halogens is 1. The second-order valence-corrected chi connectivity index (χ2v) is 5.77. The Morgan fingerprint density at radius 2 is 2.14 bits per heavy atom. The molecule has 6 heteroatoms. The van der Waals surface area contributed by atoms with E-state index < -0.39 is 0 Å². The number of para-hydroxylation sites is 1. The molecule has 0 bridgehead atoms. The van der Waals surface area contributed by atoms with Crippen molar-refractivity contribution in [1.29, 1.82) is 0 Å². The first kappa shape index (κ1) is 14.7. The van der Waals surface area contributed by atoms with Gasteiger partial charge in [0.1, 0.15) is 17.3 Å². The molecule has 22 heavy (non-hydrogen) atoms. The molecule has 1 aromatic carbocycles. The highest BCUT2D eigenvalue weighted by molar-refractivity contribution is 7.80. The Morgan fingerprint density at radius 3 is 2.86 bits per heavy atom. The van der Waals surface area contributed by atoms with Gasteiger partial charge in [-0.05, 0) is 48.8 Å². The number of rotatable bonds is 4. The zero-order valence-corrected chi connectivity index (χ0v) is 12.9. The lowest BCUT2D eigenvalue weighted by Crippen LogP contribution is -2.24. The van der Waals surface area contributed by atoms with Crippen LogP contribution in [0.2, 0.25) is 0 Å². The fourth-order valence-electron chi connectivity index (χ4n) is 2.22. The molecular weight excluding hydrogens is 301 g/mol. The number of hydrogen-bond acceptors (Lipinski definition) is 3. The highest BCUT2D eigenvalue weighted by atomic mass is 32.1. The maximum atomic E-state index is 13.4. The summed E-state index contributed by atoms with van der Waals surface area (Å²) in [6.07, 6.45) is 2.73. The molecule has 114 valence electrons. The number of nitrogens with one attached hydrogen (secondary N) is 2. The van der Waals surface area contributed by atoms with E-state index in [9.17, 15) is 4.39 Å². The van der Waals surface area contributed by atoms with Crippen molar-refractivity contribution >= 4 is 29.2 Å². The van der Waals surface area contributed by atoms with Crippen LogP contribution < -0.4 is 10.7 Å². The van der Waals surface area contributed by atoms with Gasteiger partial charge in [0.05, 0.1) is 11.9 Å². The lowest BCUT2D eigenvalue weighted by atomic mass is 10.3. The number of anilines is 1. The zero-order valence-electron chi connectivity index (χ0n) is 12.0. The Kier molecular flexibility index (Phi) is 4.20. The van der Waals surface area contributed by atoms with Crippen LogP contribution in [0.1, 0.15) is 30.8 Å². The number of hydrazone groups is 1. The second kappa shape index (κ2) is 6.27. The van der Waals surface area contributed by atoms with Crippen LogP contribution in [0.25, 0.3) is 0 Å². The second-order valence-electron chi connectivity index (χ2n) is 5.36. The normalized spacial score (nSPS) is 20.1. The predicted octanol–water partition coefficient (Wildman–Crippen LogP) is 3.86. The van der Waals surface area contributed by atoms with Gasteiger partial charge in [0.2, 0.25) is 0 Å². The summed E-state index contributed by atoms with van der Waals surface area (Å²) < 4.78 is 19.1. The summed E-state index contributed by atoms with van der Waals surface area (Å²) in [6, 6.07) is 10.1. The monoisotopic (exact) mass is 317 g/mol. The third kappa shape index (κ3) is 3.51. The zero-order chi connectivity index (χ0) is 15.5. The Morgan fingerprint density at radius 1 is 1.36 bits per heavy atom. The van der Waals surface area contributed by atoms with Crippen LogP contribution in [0.4, 0.5) is 10.1 Å². The predicted molar refractivity (Wildman–Crippen MR) is 88.6 cm³/mol. The van der Waals surface area contributed by atoms with Crippen LogP contribution in [0, 0.1) is 11.7 Å². The summed E-state index contributed by atoms with van der Waals surface area (Å²) >= 11 is 5.05. The molecule has 1 aliphatic carbocycles. The van der Waals surface area contributed by atoms with Crippen LogP contribution in [-0.2, 0) is 0 Å². The molecule has 0 radical (unpaired) electrons. The fraction of sp³-hybridized carbons (Fsp3) is 0.250. The first-order chi connectivity index (χ1) is 10.6. The van der Waals surface area contributed by atoms with Gasteiger partial charge in [0.25, 0.3) is 0 Å². The molecule has 0 aliphatic heterocycles. The summed E-state index contributed by atoms with van der Waals surface area (Å²) in [5.74, 6) is 2.53. The molecule has 2 atom stereocenters. The third-order valence-electron chi connectivity index (χ3n) is 3.60. The SMILES string of the molecule is C[C@H]1C[C@@H]1c1ccc(/C=N\NC(=S)Nc2ccccc2F)o1. The molecule has 1 heterocycles. The molecule has 1 aromatic heterocycles. The van der Waals surface area contributed by atoms with Crippen molar-refractivity contribution in [3.63, 3.8) is 0 Å². The maximum Gasteiger partial charge on any atom is 0.191 e. The van der Waals surface area contributed by atoms with Crippen molar-refractivity contribution < 1.29 is 8.81 Å². The minimum atomic E-state index is -0.371. The third-order valence-corrected chi connectivity index (χ3v) is 3.80. The van der Waals surface area contributed by atoms with Gasteiger partial charge in [-0.2, -0.15) is 5.10 Å². The summed E-state index contributed by atoms with van der Waals surface area (Å²) in [5.41, 5.74) is 2.94. The van der Waals surface area contributed by atoms with Crippen LogP contribution in [0.5, 0.6) is 0 Å². The Balaban J connectivity index is 1.52. The minimum Gasteiger partial charge on any atom is -0.460 e. The smallest absolute Gasteiger partial charge is 0.191 e. The average molecular weight is 317 g/mol. The summed E-state index contributed by atoms with van der Waals surface area (Å²) in [6.45, 7) is 2.20. The average Bonchev–Trinajstić information content (AvgIpc) is 3.04. The van der Waals surface area contributed by atoms with Gasteiger partial charge in [-0.3, -0.25) is 5.43 Å². The molecule has 0 saturated heterocycles. The number of benzene rings is 1. The highest BCUT2D eigenvalue weighted by Gasteiger charge is 2.36. The van der Waals surface area contributed by atoms with Gasteiger partial charge in [-0.15, -0.1) is 0 Å². The van der Waals surface area contributed by atoms with Crippen LogP contribution in [-0.4, -0.2) is 11.3 Å². The number of nitrogens with zero attached hydrogens (tertiary/aromatic N) is 1.